The molecule has 28 heavy (non-hydrogen) atoms. The van der Waals surface area contributed by atoms with E-state index in [2.05, 4.69) is 15.0 Å². The molecule has 0 saturated carbocycles. The fourth-order valence-electron chi connectivity index (χ4n) is 3.09. The fraction of sp³-hybridized carbons (Fsp3) is 0.0909. The smallest absolute Gasteiger partial charge is 0.195 e. The van der Waals surface area contributed by atoms with Crippen molar-refractivity contribution in [1.82, 2.24) is 4.98 Å². The normalized spacial score (nSPS) is 10.9. The molecule has 0 bridgehead atoms. The molecule has 2 N–H and O–H groups in total. The first-order valence-electron chi connectivity index (χ1n) is 8.78. The summed E-state index contributed by atoms with van der Waals surface area (Å²) in [4.78, 5) is 17.7. The van der Waals surface area contributed by atoms with Gasteiger partial charge in [0.15, 0.2) is 5.43 Å². The van der Waals surface area contributed by atoms with Crippen molar-refractivity contribution < 1.29 is 0 Å². The molecular formula is C22H18ClN3OS. The van der Waals surface area contributed by atoms with Crippen molar-refractivity contribution in [3.05, 3.63) is 87.7 Å². The van der Waals surface area contributed by atoms with Gasteiger partial charge in [-0.3, -0.25) is 9.78 Å². The van der Waals surface area contributed by atoms with Crippen LogP contribution >= 0.6 is 23.5 Å². The lowest BCUT2D eigenvalue weighted by Crippen LogP contribution is -2.03. The van der Waals surface area contributed by atoms with Crippen LogP contribution in [-0.2, 0) is 6.54 Å². The lowest BCUT2D eigenvalue weighted by Gasteiger charge is -2.07. The minimum Gasteiger partial charge on any atom is -0.380 e. The van der Waals surface area contributed by atoms with Crippen molar-refractivity contribution >= 4 is 56.6 Å². The van der Waals surface area contributed by atoms with Gasteiger partial charge in [0.05, 0.1) is 22.8 Å². The second-order valence-electron chi connectivity index (χ2n) is 6.41. The molecule has 4 aromatic rings. The molecule has 0 aliphatic heterocycles. The van der Waals surface area contributed by atoms with Crippen molar-refractivity contribution in [2.45, 2.75) is 6.54 Å². The van der Waals surface area contributed by atoms with Crippen molar-refractivity contribution in [2.75, 3.05) is 16.3 Å². The summed E-state index contributed by atoms with van der Waals surface area (Å²) >= 11 is 7.43. The second-order valence-corrected chi connectivity index (χ2v) is 7.46. The number of pyridine rings is 1. The number of anilines is 2. The molecule has 0 amide bonds. The lowest BCUT2D eigenvalue weighted by atomic mass is 10.1. The quantitative estimate of drug-likeness (QED) is 0.415. The van der Waals surface area contributed by atoms with E-state index in [4.69, 9.17) is 11.6 Å². The maximum absolute atomic E-state index is 13.2. The van der Waals surface area contributed by atoms with Gasteiger partial charge < -0.3 is 10.0 Å². The number of aromatic nitrogens is 1. The minimum atomic E-state index is -0.0256. The number of halogens is 1. The molecule has 3 aromatic carbocycles. The number of nitrogens with one attached hydrogen (secondary N) is 2. The Morgan fingerprint density at radius 3 is 2.50 bits per heavy atom. The Balaban J connectivity index is 1.74. The number of hydrogen-bond acceptors (Lipinski definition) is 5. The second kappa shape index (κ2) is 8.09. The molecule has 4 nitrogen and oxygen atoms in total. The van der Waals surface area contributed by atoms with Gasteiger partial charge in [0.1, 0.15) is 0 Å². The maximum Gasteiger partial charge on any atom is 0.195 e. The molecule has 0 unspecified atom stereocenters. The van der Waals surface area contributed by atoms with Gasteiger partial charge in [-0.2, -0.15) is 0 Å². The molecule has 0 aliphatic carbocycles. The molecule has 1 aromatic heterocycles. The van der Waals surface area contributed by atoms with E-state index in [1.54, 1.807) is 6.20 Å². The fourth-order valence-corrected chi connectivity index (χ4v) is 3.58. The van der Waals surface area contributed by atoms with Crippen molar-refractivity contribution in [3.8, 4) is 0 Å². The summed E-state index contributed by atoms with van der Waals surface area (Å²) in [5.41, 5.74) is 3.46. The van der Waals surface area contributed by atoms with Crippen LogP contribution < -0.4 is 15.5 Å². The Morgan fingerprint density at radius 1 is 0.964 bits per heavy atom. The molecule has 140 valence electrons. The topological polar surface area (TPSA) is 54.0 Å². The van der Waals surface area contributed by atoms with Gasteiger partial charge in [-0.05, 0) is 47.3 Å². The van der Waals surface area contributed by atoms with Crippen LogP contribution in [0.15, 0.2) is 71.7 Å². The monoisotopic (exact) mass is 407 g/mol. The van der Waals surface area contributed by atoms with Crippen LogP contribution in [0.25, 0.3) is 21.7 Å². The van der Waals surface area contributed by atoms with E-state index in [-0.39, 0.29) is 5.43 Å². The van der Waals surface area contributed by atoms with Crippen LogP contribution in [0.5, 0.6) is 0 Å². The molecule has 6 heteroatoms. The lowest BCUT2D eigenvalue weighted by molar-refractivity contribution is 1.14. The van der Waals surface area contributed by atoms with Crippen LogP contribution in [0.1, 0.15) is 5.56 Å². The average molecular weight is 408 g/mol. The van der Waals surface area contributed by atoms with Gasteiger partial charge in [0.2, 0.25) is 0 Å². The molecule has 0 spiro atoms. The van der Waals surface area contributed by atoms with E-state index in [9.17, 15) is 4.79 Å². The van der Waals surface area contributed by atoms with Crippen LogP contribution in [0.4, 0.5) is 11.4 Å². The van der Waals surface area contributed by atoms with E-state index < -0.39 is 0 Å². The molecule has 0 atom stereocenters. The summed E-state index contributed by atoms with van der Waals surface area (Å²) in [6.07, 6.45) is 3.70. The third kappa shape index (κ3) is 3.91. The highest BCUT2D eigenvalue weighted by molar-refractivity contribution is 7.99. The Kier molecular flexibility index (Phi) is 5.37. The van der Waals surface area contributed by atoms with E-state index in [1.165, 1.54) is 11.9 Å². The summed E-state index contributed by atoms with van der Waals surface area (Å²) < 4.78 is 3.18. The summed E-state index contributed by atoms with van der Waals surface area (Å²) in [6.45, 7) is 0.625. The summed E-state index contributed by atoms with van der Waals surface area (Å²) in [6, 6.07) is 19.2. The minimum absolute atomic E-state index is 0.0256. The third-order valence-corrected chi connectivity index (χ3v) is 5.20. The standard InChI is InChI=1S/C22H18ClN3OS/c1-28-26-17-8-4-15-5-9-21-20(22(27)19(15)10-17)11-18(13-25-21)24-12-14-2-6-16(23)7-3-14/h2-11,13,24,26H,12H2,1H3. The summed E-state index contributed by atoms with van der Waals surface area (Å²) in [5.74, 6) is 0. The molecule has 0 fully saturated rings. The Morgan fingerprint density at radius 2 is 1.71 bits per heavy atom. The number of benzene rings is 2. The number of nitrogens with zero attached hydrogens (tertiary/aromatic N) is 1. The number of hydrogen-bond donors (Lipinski definition) is 2. The Bertz CT molecular complexity index is 1210. The van der Waals surface area contributed by atoms with Gasteiger partial charge in [0.25, 0.3) is 0 Å². The van der Waals surface area contributed by atoms with Crippen molar-refractivity contribution in [2.24, 2.45) is 0 Å². The zero-order chi connectivity index (χ0) is 19.5. The highest BCUT2D eigenvalue weighted by Crippen LogP contribution is 2.21. The summed E-state index contributed by atoms with van der Waals surface area (Å²) in [7, 11) is 0. The van der Waals surface area contributed by atoms with Crippen molar-refractivity contribution in [1.29, 1.82) is 0 Å². The first kappa shape index (κ1) is 18.6. The Hall–Kier alpha value is -2.76. The zero-order valence-electron chi connectivity index (χ0n) is 15.2. The predicted molar refractivity (Wildman–Crippen MR) is 121 cm³/mol. The molecule has 0 radical (unpaired) electrons. The number of fused-ring (bicyclic) bond motifs is 2. The SMILES string of the molecule is CSNc1ccc2ccc3ncc(NCc4ccc(Cl)cc4)cc3c(=O)c2c1. The zero-order valence-corrected chi connectivity index (χ0v) is 16.8. The van der Waals surface area contributed by atoms with Crippen LogP contribution in [0, 0.1) is 0 Å². The maximum atomic E-state index is 13.2. The molecule has 0 aliphatic rings. The average Bonchev–Trinajstić information content (AvgIpc) is 2.85. The van der Waals surface area contributed by atoms with Gasteiger partial charge >= 0.3 is 0 Å². The first-order chi connectivity index (χ1) is 13.6. The number of rotatable bonds is 5. The van der Waals surface area contributed by atoms with E-state index in [0.717, 1.165) is 22.3 Å². The highest BCUT2D eigenvalue weighted by atomic mass is 35.5. The van der Waals surface area contributed by atoms with Crippen LogP contribution in [0.3, 0.4) is 0 Å². The van der Waals surface area contributed by atoms with Crippen LogP contribution in [-0.4, -0.2) is 11.2 Å². The molecule has 1 heterocycles. The Labute approximate surface area is 172 Å². The van der Waals surface area contributed by atoms with Gasteiger partial charge in [-0.15, -0.1) is 0 Å². The van der Waals surface area contributed by atoms with Crippen molar-refractivity contribution in [3.63, 3.8) is 0 Å². The molecule has 4 rings (SSSR count). The first-order valence-corrected chi connectivity index (χ1v) is 10.4. The summed E-state index contributed by atoms with van der Waals surface area (Å²) in [5, 5.41) is 6.20. The van der Waals surface area contributed by atoms with E-state index in [0.29, 0.717) is 27.9 Å². The molecular weight excluding hydrogens is 390 g/mol. The van der Waals surface area contributed by atoms with Crippen LogP contribution in [0.2, 0.25) is 5.02 Å². The van der Waals surface area contributed by atoms with Gasteiger partial charge in [0, 0.05) is 28.9 Å². The van der Waals surface area contributed by atoms with E-state index >= 15 is 0 Å². The third-order valence-electron chi connectivity index (χ3n) is 4.51. The highest BCUT2D eigenvalue weighted by Gasteiger charge is 2.06. The van der Waals surface area contributed by atoms with E-state index in [1.807, 2.05) is 66.9 Å². The molecule has 0 saturated heterocycles. The van der Waals surface area contributed by atoms with Gasteiger partial charge in [-0.25, -0.2) is 0 Å². The largest absolute Gasteiger partial charge is 0.380 e. The predicted octanol–water partition coefficient (Wildman–Crippen LogP) is 5.70. The van der Waals surface area contributed by atoms with Gasteiger partial charge in [-0.1, -0.05) is 47.8 Å².